The van der Waals surface area contributed by atoms with Gasteiger partial charge in [-0.05, 0) is 23.3 Å². The second-order valence-electron chi connectivity index (χ2n) is 4.72. The van der Waals surface area contributed by atoms with Gasteiger partial charge in [-0.2, -0.15) is 0 Å². The normalized spacial score (nSPS) is 14.4. The van der Waals surface area contributed by atoms with Crippen molar-refractivity contribution in [2.24, 2.45) is 0 Å². The molecule has 0 unspecified atom stereocenters. The monoisotopic (exact) mass is 256 g/mol. The third kappa shape index (κ3) is 2.42. The van der Waals surface area contributed by atoms with Crippen LogP contribution in [0.1, 0.15) is 23.5 Å². The van der Waals surface area contributed by atoms with Gasteiger partial charge in [0.05, 0.1) is 6.54 Å². The van der Waals surface area contributed by atoms with Crippen molar-refractivity contribution in [1.82, 2.24) is 0 Å². The van der Waals surface area contributed by atoms with E-state index in [0.29, 0.717) is 12.7 Å². The van der Waals surface area contributed by atoms with E-state index in [0.717, 1.165) is 24.5 Å². The van der Waals surface area contributed by atoms with Crippen molar-refractivity contribution in [3.8, 4) is 11.5 Å². The SMILES string of the molecule is [NH3+]CC[C@H](c1ccccc1)c1ccc2c(c1)OCO2. The zero-order valence-electron chi connectivity index (χ0n) is 10.8. The summed E-state index contributed by atoms with van der Waals surface area (Å²) in [5.41, 5.74) is 6.58. The van der Waals surface area contributed by atoms with Crippen molar-refractivity contribution in [3.05, 3.63) is 59.7 Å². The van der Waals surface area contributed by atoms with Crippen LogP contribution in [0.3, 0.4) is 0 Å². The summed E-state index contributed by atoms with van der Waals surface area (Å²) in [6.07, 6.45) is 1.03. The summed E-state index contributed by atoms with van der Waals surface area (Å²) in [6.45, 7) is 1.23. The van der Waals surface area contributed by atoms with E-state index in [4.69, 9.17) is 9.47 Å². The number of benzene rings is 2. The number of hydrogen-bond donors (Lipinski definition) is 1. The van der Waals surface area contributed by atoms with Crippen molar-refractivity contribution < 1.29 is 15.2 Å². The molecule has 3 heteroatoms. The fourth-order valence-corrected chi connectivity index (χ4v) is 2.55. The Hall–Kier alpha value is -2.00. The summed E-state index contributed by atoms with van der Waals surface area (Å²) in [7, 11) is 0. The first-order chi connectivity index (χ1) is 9.38. The molecular weight excluding hydrogens is 238 g/mol. The van der Waals surface area contributed by atoms with Crippen LogP contribution in [0.2, 0.25) is 0 Å². The quantitative estimate of drug-likeness (QED) is 0.911. The van der Waals surface area contributed by atoms with Crippen LogP contribution in [0.15, 0.2) is 48.5 Å². The lowest BCUT2D eigenvalue weighted by Crippen LogP contribution is -2.50. The summed E-state index contributed by atoms with van der Waals surface area (Å²) in [5, 5.41) is 0. The predicted molar refractivity (Wildman–Crippen MR) is 73.2 cm³/mol. The number of hydrogen-bond acceptors (Lipinski definition) is 2. The second kappa shape index (κ2) is 5.33. The molecule has 0 aliphatic carbocycles. The molecule has 1 heterocycles. The zero-order chi connectivity index (χ0) is 13.1. The van der Waals surface area contributed by atoms with Crippen LogP contribution in [0, 0.1) is 0 Å². The van der Waals surface area contributed by atoms with E-state index in [-0.39, 0.29) is 0 Å². The van der Waals surface area contributed by atoms with Gasteiger partial charge in [-0.3, -0.25) is 0 Å². The van der Waals surface area contributed by atoms with Gasteiger partial charge in [0.25, 0.3) is 0 Å². The molecule has 0 radical (unpaired) electrons. The van der Waals surface area contributed by atoms with Crippen molar-refractivity contribution in [2.45, 2.75) is 12.3 Å². The molecule has 2 aromatic carbocycles. The van der Waals surface area contributed by atoms with Crippen LogP contribution in [0.4, 0.5) is 0 Å². The summed E-state index contributed by atoms with van der Waals surface area (Å²) < 4.78 is 10.8. The maximum Gasteiger partial charge on any atom is 0.231 e. The van der Waals surface area contributed by atoms with Gasteiger partial charge in [0.1, 0.15) is 0 Å². The fraction of sp³-hybridized carbons (Fsp3) is 0.250. The Morgan fingerprint density at radius 2 is 1.74 bits per heavy atom. The number of quaternary nitrogens is 1. The average Bonchev–Trinajstić information content (AvgIpc) is 2.93. The van der Waals surface area contributed by atoms with E-state index in [1.165, 1.54) is 11.1 Å². The van der Waals surface area contributed by atoms with Gasteiger partial charge in [0, 0.05) is 12.3 Å². The summed E-state index contributed by atoms with van der Waals surface area (Å²) in [5.74, 6) is 2.06. The maximum absolute atomic E-state index is 5.47. The highest BCUT2D eigenvalue weighted by Crippen LogP contribution is 2.37. The largest absolute Gasteiger partial charge is 0.454 e. The van der Waals surface area contributed by atoms with Gasteiger partial charge < -0.3 is 15.2 Å². The van der Waals surface area contributed by atoms with Gasteiger partial charge in [0.15, 0.2) is 11.5 Å². The number of ether oxygens (including phenoxy) is 2. The Kier molecular flexibility index (Phi) is 3.38. The number of fused-ring (bicyclic) bond motifs is 1. The van der Waals surface area contributed by atoms with E-state index in [1.807, 2.05) is 12.1 Å². The Morgan fingerprint density at radius 3 is 2.53 bits per heavy atom. The molecule has 0 fully saturated rings. The van der Waals surface area contributed by atoms with Crippen molar-refractivity contribution >= 4 is 0 Å². The van der Waals surface area contributed by atoms with Crippen molar-refractivity contribution in [1.29, 1.82) is 0 Å². The molecule has 0 bridgehead atoms. The average molecular weight is 256 g/mol. The van der Waals surface area contributed by atoms with Crippen LogP contribution in [-0.2, 0) is 0 Å². The lowest BCUT2D eigenvalue weighted by atomic mass is 9.88. The molecule has 3 rings (SSSR count). The highest BCUT2D eigenvalue weighted by molar-refractivity contribution is 5.47. The van der Waals surface area contributed by atoms with Gasteiger partial charge >= 0.3 is 0 Å². The molecule has 0 amide bonds. The first-order valence-corrected chi connectivity index (χ1v) is 6.62. The van der Waals surface area contributed by atoms with Crippen LogP contribution in [0.25, 0.3) is 0 Å². The fourth-order valence-electron chi connectivity index (χ4n) is 2.55. The molecule has 2 aromatic rings. The molecule has 1 atom stereocenters. The smallest absolute Gasteiger partial charge is 0.231 e. The van der Waals surface area contributed by atoms with Crippen LogP contribution in [-0.4, -0.2) is 13.3 Å². The first-order valence-electron chi connectivity index (χ1n) is 6.62. The van der Waals surface area contributed by atoms with Gasteiger partial charge in [-0.15, -0.1) is 0 Å². The minimum Gasteiger partial charge on any atom is -0.454 e. The van der Waals surface area contributed by atoms with Crippen LogP contribution in [0.5, 0.6) is 11.5 Å². The Bertz CT molecular complexity index is 554. The minimum absolute atomic E-state index is 0.324. The van der Waals surface area contributed by atoms with E-state index in [9.17, 15) is 0 Å². The van der Waals surface area contributed by atoms with E-state index in [1.54, 1.807) is 0 Å². The topological polar surface area (TPSA) is 46.1 Å². The molecule has 0 saturated heterocycles. The summed E-state index contributed by atoms with van der Waals surface area (Å²) in [4.78, 5) is 0. The van der Waals surface area contributed by atoms with Crippen LogP contribution >= 0.6 is 0 Å². The van der Waals surface area contributed by atoms with Gasteiger partial charge in [-0.25, -0.2) is 0 Å². The molecule has 1 aliphatic heterocycles. The molecule has 3 nitrogen and oxygen atoms in total. The second-order valence-corrected chi connectivity index (χ2v) is 4.72. The molecule has 0 aromatic heterocycles. The third-order valence-corrected chi connectivity index (χ3v) is 3.49. The predicted octanol–water partition coefficient (Wildman–Crippen LogP) is 2.18. The third-order valence-electron chi connectivity index (χ3n) is 3.49. The molecule has 19 heavy (non-hydrogen) atoms. The molecular formula is C16H18NO2+. The highest BCUT2D eigenvalue weighted by atomic mass is 16.7. The minimum atomic E-state index is 0.324. The van der Waals surface area contributed by atoms with E-state index < -0.39 is 0 Å². The molecule has 1 aliphatic rings. The molecule has 3 N–H and O–H groups in total. The maximum atomic E-state index is 5.47. The standard InChI is InChI=1S/C16H17NO2/c17-9-8-14(12-4-2-1-3-5-12)13-6-7-15-16(10-13)19-11-18-15/h1-7,10,14H,8-9,11,17H2/p+1/t14-/m1/s1. The van der Waals surface area contributed by atoms with E-state index >= 15 is 0 Å². The van der Waals surface area contributed by atoms with E-state index in [2.05, 4.69) is 42.1 Å². The van der Waals surface area contributed by atoms with Crippen molar-refractivity contribution in [3.63, 3.8) is 0 Å². The Morgan fingerprint density at radius 1 is 0.947 bits per heavy atom. The molecule has 0 saturated carbocycles. The summed E-state index contributed by atoms with van der Waals surface area (Å²) in [6, 6.07) is 16.8. The lowest BCUT2D eigenvalue weighted by Gasteiger charge is -2.16. The molecule has 98 valence electrons. The molecule has 0 spiro atoms. The Balaban J connectivity index is 1.96. The van der Waals surface area contributed by atoms with Gasteiger partial charge in [0.2, 0.25) is 6.79 Å². The summed E-state index contributed by atoms with van der Waals surface area (Å²) >= 11 is 0. The van der Waals surface area contributed by atoms with Crippen molar-refractivity contribution in [2.75, 3.05) is 13.3 Å². The Labute approximate surface area is 113 Å². The lowest BCUT2D eigenvalue weighted by molar-refractivity contribution is -0.368. The first kappa shape index (κ1) is 12.1. The number of rotatable bonds is 4. The highest BCUT2D eigenvalue weighted by Gasteiger charge is 2.19. The zero-order valence-corrected chi connectivity index (χ0v) is 10.8. The van der Waals surface area contributed by atoms with Crippen LogP contribution < -0.4 is 15.2 Å². The van der Waals surface area contributed by atoms with Gasteiger partial charge in [-0.1, -0.05) is 36.4 Å².